The van der Waals surface area contributed by atoms with Crippen molar-refractivity contribution in [3.8, 4) is 5.75 Å². The number of carbonyl (C=O) groups excluding carboxylic acids is 2. The molecule has 35 heavy (non-hydrogen) atoms. The Kier molecular flexibility index (Phi) is 7.21. The highest BCUT2D eigenvalue weighted by Crippen LogP contribution is 2.44. The van der Waals surface area contributed by atoms with Crippen molar-refractivity contribution >= 4 is 29.0 Å². The van der Waals surface area contributed by atoms with Crippen LogP contribution in [0.5, 0.6) is 5.75 Å². The van der Waals surface area contributed by atoms with E-state index >= 15 is 0 Å². The van der Waals surface area contributed by atoms with Crippen LogP contribution in [0.3, 0.4) is 0 Å². The van der Waals surface area contributed by atoms with E-state index in [2.05, 4.69) is 5.32 Å². The van der Waals surface area contributed by atoms with Crippen molar-refractivity contribution in [1.82, 2.24) is 5.32 Å². The third kappa shape index (κ3) is 5.07. The van der Waals surface area contributed by atoms with Crippen LogP contribution in [-0.4, -0.2) is 23.3 Å². The fraction of sp³-hybridized carbons (Fsp3) is 0.308. The largest absolute Gasteiger partial charge is 0.482 e. The number of dihydropyridines is 1. The maximum Gasteiger partial charge on any atom is 0.336 e. The van der Waals surface area contributed by atoms with Crippen LogP contribution in [0.25, 0.3) is 0 Å². The van der Waals surface area contributed by atoms with E-state index in [-0.39, 0.29) is 36.0 Å². The molecule has 1 aliphatic heterocycles. The van der Waals surface area contributed by atoms with Gasteiger partial charge in [0.15, 0.2) is 11.5 Å². The topological polar surface area (TPSA) is 108 Å². The zero-order valence-corrected chi connectivity index (χ0v) is 20.2. The fourth-order valence-electron chi connectivity index (χ4n) is 4.52. The third-order valence-electron chi connectivity index (χ3n) is 6.09. The highest BCUT2D eigenvalue weighted by molar-refractivity contribution is 6.30. The number of hydrogen-bond donors (Lipinski definition) is 1. The predicted molar refractivity (Wildman–Crippen MR) is 130 cm³/mol. The van der Waals surface area contributed by atoms with Gasteiger partial charge in [0.05, 0.1) is 17.1 Å². The average molecular weight is 497 g/mol. The molecule has 0 fully saturated rings. The van der Waals surface area contributed by atoms with E-state index in [0.717, 1.165) is 11.3 Å². The smallest absolute Gasteiger partial charge is 0.336 e. The van der Waals surface area contributed by atoms with E-state index in [9.17, 15) is 19.7 Å². The highest BCUT2D eigenvalue weighted by atomic mass is 35.5. The molecular formula is C26H25ClN2O6. The van der Waals surface area contributed by atoms with Crippen LogP contribution < -0.4 is 10.1 Å². The molecule has 2 aliphatic rings. The number of rotatable bonds is 7. The molecule has 4 rings (SSSR count). The molecule has 2 aromatic carbocycles. The van der Waals surface area contributed by atoms with E-state index < -0.39 is 16.8 Å². The first-order valence-corrected chi connectivity index (χ1v) is 11.7. The Morgan fingerprint density at radius 3 is 2.63 bits per heavy atom. The van der Waals surface area contributed by atoms with Gasteiger partial charge in [-0.2, -0.15) is 0 Å². The first-order chi connectivity index (χ1) is 16.8. The van der Waals surface area contributed by atoms with Gasteiger partial charge in [0.25, 0.3) is 0 Å². The monoisotopic (exact) mass is 496 g/mol. The number of carbonyl (C=O) groups is 2. The van der Waals surface area contributed by atoms with Crippen LogP contribution in [-0.2, 0) is 20.9 Å². The Hall–Kier alpha value is -3.65. The number of hydrogen-bond acceptors (Lipinski definition) is 7. The zero-order valence-electron chi connectivity index (χ0n) is 19.4. The van der Waals surface area contributed by atoms with Crippen molar-refractivity contribution in [1.29, 1.82) is 0 Å². The van der Waals surface area contributed by atoms with Gasteiger partial charge in [0, 0.05) is 40.4 Å². The van der Waals surface area contributed by atoms with E-state index in [1.165, 1.54) is 12.1 Å². The summed E-state index contributed by atoms with van der Waals surface area (Å²) < 4.78 is 11.0. The summed E-state index contributed by atoms with van der Waals surface area (Å²) >= 11 is 5.91. The lowest BCUT2D eigenvalue weighted by atomic mass is 9.75. The molecule has 0 saturated carbocycles. The Morgan fingerprint density at radius 1 is 1.20 bits per heavy atom. The number of nitrogens with zero attached hydrogens (tertiary/aromatic N) is 1. The number of nitrogens with one attached hydrogen (secondary N) is 1. The first kappa shape index (κ1) is 24.5. The normalized spacial score (nSPS) is 17.6. The molecule has 0 amide bonds. The van der Waals surface area contributed by atoms with Crippen LogP contribution in [0.4, 0.5) is 5.69 Å². The summed E-state index contributed by atoms with van der Waals surface area (Å²) in [4.78, 5) is 37.3. The van der Waals surface area contributed by atoms with Gasteiger partial charge in [-0.15, -0.1) is 0 Å². The highest BCUT2D eigenvalue weighted by Gasteiger charge is 2.39. The van der Waals surface area contributed by atoms with Crippen LogP contribution in [0.15, 0.2) is 65.0 Å². The molecule has 1 N–H and O–H groups in total. The number of nitro benzene ring substituents is 1. The SMILES string of the molecule is CCOC(=O)C1=C(C)NC2=C(C(=O)CCC2)C1c1ccc(OCc2ccc(Cl)cc2)c([N+](=O)[O-])c1. The molecule has 0 aromatic heterocycles. The van der Waals surface area contributed by atoms with Gasteiger partial charge in [-0.3, -0.25) is 14.9 Å². The van der Waals surface area contributed by atoms with Crippen LogP contribution in [0, 0.1) is 10.1 Å². The molecule has 1 unspecified atom stereocenters. The standard InChI is InChI=1S/C26H25ClN2O6/c1-3-34-26(31)23-15(2)28-19-5-4-6-21(30)25(19)24(23)17-9-12-22(20(13-17)29(32)33)35-14-16-7-10-18(27)11-8-16/h7-13,24,28H,3-6,14H2,1-2H3. The van der Waals surface area contributed by atoms with Crippen molar-refractivity contribution in [2.24, 2.45) is 0 Å². The quantitative estimate of drug-likeness (QED) is 0.312. The summed E-state index contributed by atoms with van der Waals surface area (Å²) in [6, 6.07) is 11.5. The van der Waals surface area contributed by atoms with Gasteiger partial charge >= 0.3 is 11.7 Å². The molecule has 182 valence electrons. The van der Waals surface area contributed by atoms with Gasteiger partial charge in [-0.05, 0) is 56.0 Å². The van der Waals surface area contributed by atoms with Crippen molar-refractivity contribution < 1.29 is 24.0 Å². The lowest BCUT2D eigenvalue weighted by Crippen LogP contribution is -2.34. The number of ketones is 1. The molecule has 0 bridgehead atoms. The van der Waals surface area contributed by atoms with Gasteiger partial charge in [0.2, 0.25) is 0 Å². The second kappa shape index (κ2) is 10.3. The number of allylic oxidation sites excluding steroid dienone is 3. The predicted octanol–water partition coefficient (Wildman–Crippen LogP) is 5.36. The van der Waals surface area contributed by atoms with Gasteiger partial charge < -0.3 is 14.8 Å². The van der Waals surface area contributed by atoms with Gasteiger partial charge in [-0.25, -0.2) is 4.79 Å². The minimum absolute atomic E-state index is 0.0798. The minimum atomic E-state index is -0.762. The van der Waals surface area contributed by atoms with Crippen LogP contribution in [0.2, 0.25) is 5.02 Å². The molecule has 0 radical (unpaired) electrons. The Labute approximate surface area is 207 Å². The van der Waals surface area contributed by atoms with Crippen LogP contribution in [0.1, 0.15) is 50.2 Å². The van der Waals surface area contributed by atoms with Crippen molar-refractivity contribution in [3.05, 3.63) is 91.3 Å². The van der Waals surface area contributed by atoms with Gasteiger partial charge in [0.1, 0.15) is 6.61 Å². The Balaban J connectivity index is 1.75. The summed E-state index contributed by atoms with van der Waals surface area (Å²) in [5.41, 5.74) is 3.09. The fourth-order valence-corrected chi connectivity index (χ4v) is 4.64. The van der Waals surface area contributed by atoms with E-state index in [1.54, 1.807) is 44.2 Å². The number of benzene rings is 2. The Morgan fingerprint density at radius 2 is 1.94 bits per heavy atom. The van der Waals surface area contributed by atoms with Crippen molar-refractivity contribution in [3.63, 3.8) is 0 Å². The van der Waals surface area contributed by atoms with Crippen LogP contribution >= 0.6 is 11.6 Å². The van der Waals surface area contributed by atoms with Gasteiger partial charge in [-0.1, -0.05) is 29.8 Å². The molecule has 1 heterocycles. The maximum absolute atomic E-state index is 13.0. The second-order valence-electron chi connectivity index (χ2n) is 8.39. The third-order valence-corrected chi connectivity index (χ3v) is 6.34. The molecule has 9 heteroatoms. The molecule has 1 atom stereocenters. The summed E-state index contributed by atoms with van der Waals surface area (Å²) in [6.07, 6.45) is 1.73. The maximum atomic E-state index is 13.0. The second-order valence-corrected chi connectivity index (χ2v) is 8.82. The average Bonchev–Trinajstić information content (AvgIpc) is 2.83. The van der Waals surface area contributed by atoms with Crippen molar-refractivity contribution in [2.75, 3.05) is 6.61 Å². The minimum Gasteiger partial charge on any atom is -0.482 e. The lowest BCUT2D eigenvalue weighted by molar-refractivity contribution is -0.386. The molecule has 1 aliphatic carbocycles. The molecule has 8 nitrogen and oxygen atoms in total. The molecular weight excluding hydrogens is 472 g/mol. The lowest BCUT2D eigenvalue weighted by Gasteiger charge is -2.34. The van der Waals surface area contributed by atoms with E-state index in [0.29, 0.717) is 41.1 Å². The summed E-state index contributed by atoms with van der Waals surface area (Å²) in [7, 11) is 0. The first-order valence-electron chi connectivity index (χ1n) is 11.4. The number of ether oxygens (including phenoxy) is 2. The molecule has 2 aromatic rings. The van der Waals surface area contributed by atoms with Crippen molar-refractivity contribution in [2.45, 2.75) is 45.6 Å². The number of esters is 1. The molecule has 0 saturated heterocycles. The summed E-state index contributed by atoms with van der Waals surface area (Å²) in [5, 5.41) is 15.7. The summed E-state index contributed by atoms with van der Waals surface area (Å²) in [6.45, 7) is 3.73. The number of Topliss-reactive ketones (excluding diaryl/α,β-unsaturated/α-hetero) is 1. The summed E-state index contributed by atoms with van der Waals surface area (Å²) in [5.74, 6) is -1.31. The molecule has 0 spiro atoms. The van der Waals surface area contributed by atoms with E-state index in [1.807, 2.05) is 0 Å². The zero-order chi connectivity index (χ0) is 25.1. The Bertz CT molecular complexity index is 1250. The number of nitro groups is 1. The number of halogens is 1. The van der Waals surface area contributed by atoms with E-state index in [4.69, 9.17) is 21.1 Å².